The molecule has 0 radical (unpaired) electrons. The van der Waals surface area contributed by atoms with Crippen LogP contribution in [0.1, 0.15) is 24.8 Å². The van der Waals surface area contributed by atoms with Crippen molar-refractivity contribution in [2.45, 2.75) is 31.8 Å². The molecule has 0 saturated carbocycles. The molecular formula is C19H26N2O3. The molecule has 0 N–H and O–H groups in total. The Bertz CT molecular complexity index is 614. The average molecular weight is 330 g/mol. The van der Waals surface area contributed by atoms with Crippen molar-refractivity contribution >= 4 is 5.91 Å². The molecule has 2 atom stereocenters. The van der Waals surface area contributed by atoms with Crippen LogP contribution in [0.3, 0.4) is 0 Å². The van der Waals surface area contributed by atoms with Crippen molar-refractivity contribution in [1.29, 1.82) is 0 Å². The molecule has 3 heterocycles. The third-order valence-electron chi connectivity index (χ3n) is 5.91. The van der Waals surface area contributed by atoms with E-state index in [9.17, 15) is 4.79 Å². The summed E-state index contributed by atoms with van der Waals surface area (Å²) in [5.41, 5.74) is 0.986. The molecule has 4 rings (SSSR count). The van der Waals surface area contributed by atoms with Gasteiger partial charge >= 0.3 is 0 Å². The van der Waals surface area contributed by atoms with Crippen LogP contribution in [-0.2, 0) is 16.1 Å². The molecule has 5 heteroatoms. The minimum Gasteiger partial charge on any atom is -0.497 e. The predicted molar refractivity (Wildman–Crippen MR) is 90.9 cm³/mol. The maximum atomic E-state index is 13.1. The number of carbonyl (C=O) groups is 1. The highest BCUT2D eigenvalue weighted by molar-refractivity contribution is 5.85. The van der Waals surface area contributed by atoms with E-state index in [1.165, 1.54) is 0 Å². The quantitative estimate of drug-likeness (QED) is 0.846. The van der Waals surface area contributed by atoms with Crippen LogP contribution in [0, 0.1) is 5.41 Å². The van der Waals surface area contributed by atoms with Crippen LogP contribution in [0.25, 0.3) is 0 Å². The Morgan fingerprint density at radius 3 is 3.00 bits per heavy atom. The summed E-state index contributed by atoms with van der Waals surface area (Å²) in [5.74, 6) is 1.19. The predicted octanol–water partition coefficient (Wildman–Crippen LogP) is 1.91. The molecule has 3 fully saturated rings. The van der Waals surface area contributed by atoms with E-state index in [0.717, 1.165) is 63.4 Å². The van der Waals surface area contributed by atoms with Crippen molar-refractivity contribution in [3.8, 4) is 5.75 Å². The van der Waals surface area contributed by atoms with Gasteiger partial charge in [0.05, 0.1) is 19.1 Å². The molecule has 0 bridgehead atoms. The van der Waals surface area contributed by atoms with Gasteiger partial charge in [0.1, 0.15) is 5.75 Å². The third-order valence-corrected chi connectivity index (χ3v) is 5.91. The molecule has 0 aliphatic carbocycles. The molecule has 130 valence electrons. The van der Waals surface area contributed by atoms with Crippen molar-refractivity contribution in [3.63, 3.8) is 0 Å². The zero-order valence-electron chi connectivity index (χ0n) is 14.4. The fourth-order valence-corrected chi connectivity index (χ4v) is 4.44. The maximum Gasteiger partial charge on any atom is 0.230 e. The van der Waals surface area contributed by atoms with E-state index in [-0.39, 0.29) is 5.41 Å². The number of carbonyl (C=O) groups excluding carboxylic acids is 1. The molecule has 1 spiro atoms. The zero-order valence-corrected chi connectivity index (χ0v) is 14.4. The Morgan fingerprint density at radius 1 is 1.33 bits per heavy atom. The number of benzene rings is 1. The lowest BCUT2D eigenvalue weighted by Gasteiger charge is -2.26. The summed E-state index contributed by atoms with van der Waals surface area (Å²) >= 11 is 0. The number of likely N-dealkylation sites (tertiary alicyclic amines) is 2. The van der Waals surface area contributed by atoms with Gasteiger partial charge in [-0.05, 0) is 43.5 Å². The van der Waals surface area contributed by atoms with Gasteiger partial charge in [0, 0.05) is 32.3 Å². The van der Waals surface area contributed by atoms with Crippen molar-refractivity contribution in [1.82, 2.24) is 9.80 Å². The lowest BCUT2D eigenvalue weighted by atomic mass is 9.85. The second-order valence-electron chi connectivity index (χ2n) is 7.35. The zero-order chi connectivity index (χ0) is 16.6. The summed E-state index contributed by atoms with van der Waals surface area (Å²) in [4.78, 5) is 17.6. The molecule has 2 unspecified atom stereocenters. The molecular weight excluding hydrogens is 304 g/mol. The highest BCUT2D eigenvalue weighted by atomic mass is 16.5. The number of methoxy groups -OCH3 is 1. The molecule has 1 amide bonds. The minimum atomic E-state index is -0.151. The van der Waals surface area contributed by atoms with Crippen LogP contribution in [0.5, 0.6) is 5.75 Å². The van der Waals surface area contributed by atoms with Gasteiger partial charge in [-0.1, -0.05) is 12.1 Å². The van der Waals surface area contributed by atoms with Gasteiger partial charge < -0.3 is 14.4 Å². The van der Waals surface area contributed by atoms with Crippen molar-refractivity contribution in [2.75, 3.05) is 40.0 Å². The normalized spacial score (nSPS) is 30.6. The molecule has 0 aromatic heterocycles. The van der Waals surface area contributed by atoms with Gasteiger partial charge in [0.15, 0.2) is 0 Å². The molecule has 24 heavy (non-hydrogen) atoms. The number of nitrogens with zero attached hydrogens (tertiary/aromatic N) is 2. The standard InChI is InChI=1S/C19H26N2O3/c1-23-17-4-2-3-15(11-17)12-20-8-6-19(18(20)22)7-9-21(14-19)16-5-10-24-13-16/h2-4,11,16H,5-10,12-14H2,1H3. The first-order valence-corrected chi connectivity index (χ1v) is 8.94. The molecule has 3 aliphatic heterocycles. The molecule has 5 nitrogen and oxygen atoms in total. The number of amides is 1. The Morgan fingerprint density at radius 2 is 2.21 bits per heavy atom. The van der Waals surface area contributed by atoms with Gasteiger partial charge in [-0.2, -0.15) is 0 Å². The third kappa shape index (κ3) is 2.80. The topological polar surface area (TPSA) is 42.0 Å². The highest BCUT2D eigenvalue weighted by Crippen LogP contribution is 2.42. The average Bonchev–Trinajstić information content (AvgIpc) is 3.33. The summed E-state index contributed by atoms with van der Waals surface area (Å²) < 4.78 is 10.8. The number of hydrogen-bond donors (Lipinski definition) is 0. The lowest BCUT2D eigenvalue weighted by Crippen LogP contribution is -2.39. The van der Waals surface area contributed by atoms with Crippen LogP contribution >= 0.6 is 0 Å². The number of ether oxygens (including phenoxy) is 2. The first-order valence-electron chi connectivity index (χ1n) is 8.94. The molecule has 1 aromatic rings. The second kappa shape index (κ2) is 6.37. The van der Waals surface area contributed by atoms with Gasteiger partial charge in [-0.25, -0.2) is 0 Å². The van der Waals surface area contributed by atoms with E-state index in [4.69, 9.17) is 9.47 Å². The largest absolute Gasteiger partial charge is 0.497 e. The fraction of sp³-hybridized carbons (Fsp3) is 0.632. The van der Waals surface area contributed by atoms with Crippen molar-refractivity contribution < 1.29 is 14.3 Å². The molecule has 1 aromatic carbocycles. The SMILES string of the molecule is COc1cccc(CN2CCC3(CCN(C4CCOC4)C3)C2=O)c1. The van der Waals surface area contributed by atoms with E-state index < -0.39 is 0 Å². The van der Waals surface area contributed by atoms with E-state index in [2.05, 4.69) is 11.0 Å². The Hall–Kier alpha value is -1.59. The number of rotatable bonds is 4. The van der Waals surface area contributed by atoms with E-state index in [1.54, 1.807) is 7.11 Å². The second-order valence-corrected chi connectivity index (χ2v) is 7.35. The van der Waals surface area contributed by atoms with Crippen LogP contribution in [0.15, 0.2) is 24.3 Å². The fourth-order valence-electron chi connectivity index (χ4n) is 4.44. The van der Waals surface area contributed by atoms with E-state index in [1.807, 2.05) is 23.1 Å². The van der Waals surface area contributed by atoms with Gasteiger partial charge in [-0.3, -0.25) is 9.69 Å². The van der Waals surface area contributed by atoms with Crippen molar-refractivity contribution in [2.24, 2.45) is 5.41 Å². The Kier molecular flexibility index (Phi) is 4.22. The first kappa shape index (κ1) is 15.9. The summed E-state index contributed by atoms with van der Waals surface area (Å²) in [6.45, 7) is 5.19. The Balaban J connectivity index is 1.42. The summed E-state index contributed by atoms with van der Waals surface area (Å²) in [7, 11) is 1.68. The van der Waals surface area contributed by atoms with E-state index >= 15 is 0 Å². The summed E-state index contributed by atoms with van der Waals surface area (Å²) in [6.07, 6.45) is 3.09. The number of hydrogen-bond acceptors (Lipinski definition) is 4. The van der Waals surface area contributed by atoms with Crippen molar-refractivity contribution in [3.05, 3.63) is 29.8 Å². The van der Waals surface area contributed by atoms with Crippen LogP contribution < -0.4 is 4.74 Å². The smallest absolute Gasteiger partial charge is 0.230 e. The lowest BCUT2D eigenvalue weighted by molar-refractivity contribution is -0.136. The van der Waals surface area contributed by atoms with Crippen LogP contribution in [0.2, 0.25) is 0 Å². The minimum absolute atomic E-state index is 0.151. The highest BCUT2D eigenvalue weighted by Gasteiger charge is 2.51. The Labute approximate surface area is 143 Å². The van der Waals surface area contributed by atoms with Gasteiger partial charge in [-0.15, -0.1) is 0 Å². The summed E-state index contributed by atoms with van der Waals surface area (Å²) in [5, 5.41) is 0. The van der Waals surface area contributed by atoms with Gasteiger partial charge in [0.2, 0.25) is 5.91 Å². The monoisotopic (exact) mass is 330 g/mol. The first-order chi connectivity index (χ1) is 11.7. The van der Waals surface area contributed by atoms with E-state index in [0.29, 0.717) is 18.5 Å². The summed E-state index contributed by atoms with van der Waals surface area (Å²) in [6, 6.07) is 8.54. The molecule has 3 aliphatic rings. The maximum absolute atomic E-state index is 13.1. The van der Waals surface area contributed by atoms with Gasteiger partial charge in [0.25, 0.3) is 0 Å². The van der Waals surface area contributed by atoms with Crippen LogP contribution in [0.4, 0.5) is 0 Å². The molecule has 3 saturated heterocycles. The van der Waals surface area contributed by atoms with Crippen LogP contribution in [-0.4, -0.2) is 61.7 Å².